The summed E-state index contributed by atoms with van der Waals surface area (Å²) in [7, 11) is 0. The fourth-order valence-electron chi connectivity index (χ4n) is 25.9. The van der Waals surface area contributed by atoms with E-state index in [0.717, 1.165) is 161 Å². The van der Waals surface area contributed by atoms with Crippen molar-refractivity contribution in [1.82, 2.24) is 34.5 Å². The first-order valence-corrected chi connectivity index (χ1v) is 51.2. The highest BCUT2D eigenvalue weighted by Crippen LogP contribution is 2.61. The number of benzene rings is 19. The molecule has 0 amide bonds. The molecule has 31 rings (SSSR count). The molecular formula is C135H95N7O2S. The Hall–Kier alpha value is -17.2. The van der Waals surface area contributed by atoms with Crippen LogP contribution in [-0.2, 0) is 27.1 Å². The number of nitrogens with zero attached hydrogens (tertiary/aromatic N) is 7. The Balaban J connectivity index is 0.000000103. The van der Waals surface area contributed by atoms with E-state index in [1.165, 1.54) is 137 Å². The van der Waals surface area contributed by atoms with Crippen molar-refractivity contribution < 1.29 is 8.83 Å². The predicted molar refractivity (Wildman–Crippen MR) is 601 cm³/mol. The summed E-state index contributed by atoms with van der Waals surface area (Å²) in [6.07, 6.45) is 0. The van der Waals surface area contributed by atoms with Gasteiger partial charge in [-0.2, -0.15) is 0 Å². The van der Waals surface area contributed by atoms with Gasteiger partial charge in [-0.1, -0.05) is 391 Å². The third kappa shape index (κ3) is 12.2. The highest BCUT2D eigenvalue weighted by molar-refractivity contribution is 7.26. The highest BCUT2D eigenvalue weighted by Gasteiger charge is 2.45. The van der Waals surface area contributed by atoms with Crippen LogP contribution in [0.5, 0.6) is 0 Å². The normalized spacial score (nSPS) is 14.6. The molecule has 19 aromatic carbocycles. The van der Waals surface area contributed by atoms with Gasteiger partial charge in [0.1, 0.15) is 16.7 Å². The van der Waals surface area contributed by atoms with Crippen LogP contribution in [0.1, 0.15) is 125 Å². The molecule has 0 aliphatic heterocycles. The number of hydrogen-bond donors (Lipinski definition) is 0. The summed E-state index contributed by atoms with van der Waals surface area (Å²) in [5.74, 6) is 2.15. The molecule has 688 valence electrons. The van der Waals surface area contributed by atoms with E-state index in [2.05, 4.69) is 462 Å². The molecule has 7 heterocycles. The average molecular weight is 1880 g/mol. The van der Waals surface area contributed by atoms with Gasteiger partial charge in [-0.15, -0.1) is 11.3 Å². The third-order valence-corrected chi connectivity index (χ3v) is 33.9. The van der Waals surface area contributed by atoms with E-state index >= 15 is 0 Å². The molecule has 145 heavy (non-hydrogen) atoms. The van der Waals surface area contributed by atoms with Crippen molar-refractivity contribution in [2.75, 3.05) is 0 Å². The van der Waals surface area contributed by atoms with Crippen molar-refractivity contribution in [3.8, 4) is 129 Å². The van der Waals surface area contributed by atoms with Crippen molar-refractivity contribution in [1.29, 1.82) is 0 Å². The molecule has 0 unspecified atom stereocenters. The van der Waals surface area contributed by atoms with E-state index in [1.807, 2.05) is 17.4 Å². The lowest BCUT2D eigenvalue weighted by atomic mass is 9.80. The molecular weight excluding hydrogens is 1780 g/mol. The molecule has 0 spiro atoms. The Labute approximate surface area is 842 Å². The van der Waals surface area contributed by atoms with Crippen LogP contribution >= 0.6 is 11.3 Å². The summed E-state index contributed by atoms with van der Waals surface area (Å²) in [6, 6.07) is 141. The first kappa shape index (κ1) is 84.7. The summed E-state index contributed by atoms with van der Waals surface area (Å²) in [5.41, 5.74) is 44.1. The fourth-order valence-corrected chi connectivity index (χ4v) is 27.2. The lowest BCUT2D eigenvalue weighted by molar-refractivity contribution is 0.653. The molecule has 9 nitrogen and oxygen atoms in total. The Morgan fingerprint density at radius 1 is 0.234 bits per heavy atom. The number of aromatic nitrogens is 7. The molecule has 26 aromatic rings. The second-order valence-electron chi connectivity index (χ2n) is 42.5. The van der Waals surface area contributed by atoms with E-state index in [0.29, 0.717) is 5.82 Å². The molecule has 5 aliphatic rings. The molecule has 0 bridgehead atoms. The van der Waals surface area contributed by atoms with Crippen molar-refractivity contribution in [2.24, 2.45) is 0 Å². The maximum Gasteiger partial charge on any atom is 0.164 e. The summed E-state index contributed by atoms with van der Waals surface area (Å²) in [5, 5.41) is 12.8. The lowest BCUT2D eigenvalue weighted by Gasteiger charge is -2.24. The largest absolute Gasteiger partial charge is 0.455 e. The monoisotopic (exact) mass is 1880 g/mol. The first-order chi connectivity index (χ1) is 70.7. The quantitative estimate of drug-likeness (QED) is 0.155. The minimum absolute atomic E-state index is 0.0891. The van der Waals surface area contributed by atoms with Crippen LogP contribution < -0.4 is 0 Å². The minimum atomic E-state index is -0.207. The molecule has 7 aromatic heterocycles. The SMILES string of the molecule is CC1(C)c2ccc(-c3nc(-c4ccccc4)c4c5c(ccc4n3)-c3ccccc3C5(C)C)cc2-c2c1ccc1c2oc2ccccc21.CC1(C)c2ccc(-c3nc(-c4ccccc4)c4c5c(ccc4n3)-c3ccccc3C5(C)C)cc2-c2c1ccc1c2sc2ccccc21.CC1(C)c2ccccc2-c2ccc3nc(-c4cccc5c4oc4c5ccc5c6ccccc6n(-c6ccccc6)c54)nc(-c4ccccc4)c3c21. The molecule has 0 N–H and O–H groups in total. The van der Waals surface area contributed by atoms with Crippen LogP contribution in [0.3, 0.4) is 0 Å². The van der Waals surface area contributed by atoms with Gasteiger partial charge in [0.2, 0.25) is 0 Å². The molecule has 10 heteroatoms. The van der Waals surface area contributed by atoms with Crippen molar-refractivity contribution in [3.05, 3.63) is 450 Å². The summed E-state index contributed by atoms with van der Waals surface area (Å²) in [6.45, 7) is 23.3. The Bertz CT molecular complexity index is 9750. The molecule has 0 radical (unpaired) electrons. The molecule has 0 atom stereocenters. The van der Waals surface area contributed by atoms with Gasteiger partial charge >= 0.3 is 0 Å². The topological polar surface area (TPSA) is 109 Å². The van der Waals surface area contributed by atoms with Crippen LogP contribution in [0.2, 0.25) is 0 Å². The van der Waals surface area contributed by atoms with E-state index in [9.17, 15) is 0 Å². The van der Waals surface area contributed by atoms with Crippen LogP contribution in [0.4, 0.5) is 0 Å². The zero-order valence-corrected chi connectivity index (χ0v) is 82.7. The Kier molecular flexibility index (Phi) is 18.1. The van der Waals surface area contributed by atoms with Gasteiger partial charge < -0.3 is 13.4 Å². The molecule has 0 saturated carbocycles. The molecule has 0 fully saturated rings. The lowest BCUT2D eigenvalue weighted by Crippen LogP contribution is -2.16. The van der Waals surface area contributed by atoms with Gasteiger partial charge in [0.05, 0.1) is 50.2 Å². The second-order valence-corrected chi connectivity index (χ2v) is 43.5. The Morgan fingerprint density at radius 2 is 0.621 bits per heavy atom. The van der Waals surface area contributed by atoms with Gasteiger partial charge in [0.15, 0.2) is 23.1 Å². The molecule has 5 aliphatic carbocycles. The van der Waals surface area contributed by atoms with E-state index < -0.39 is 0 Å². The van der Waals surface area contributed by atoms with Crippen molar-refractivity contribution in [3.63, 3.8) is 0 Å². The van der Waals surface area contributed by atoms with E-state index in [4.69, 9.17) is 38.7 Å². The number of rotatable bonds is 7. The van der Waals surface area contributed by atoms with Gasteiger partial charge in [-0.25, -0.2) is 29.9 Å². The van der Waals surface area contributed by atoms with Gasteiger partial charge in [-0.05, 0) is 173 Å². The number of para-hydroxylation sites is 4. The zero-order valence-electron chi connectivity index (χ0n) is 81.9. The van der Waals surface area contributed by atoms with Crippen LogP contribution in [0.25, 0.3) is 248 Å². The van der Waals surface area contributed by atoms with Crippen LogP contribution in [0, 0.1) is 0 Å². The fraction of sp³-hybridized carbons (Fsp3) is 0.111. The number of thiophene rings is 1. The standard InChI is InChI=1S/C47H31N3O.C44H32N2O.C44H32N2S/c1-47(2)37-22-11-9-18-30(37)32-26-27-38-40(41(32)47)42(28-14-5-3-6-15-28)49-46(48-38)36-21-13-20-34-35-25-24-33-31-19-10-12-23-39(31)50(29-16-7-4-8-17-29)43(33)45(35)51-44(34)36;2*1-43(2)33-21-18-26(24-31(33)37-34(43)22-19-30-28-15-9-11-17-36(28)47-41(30)37)42-45-35-23-20-29-27-14-8-10-16-32(27)44(3,4)39(29)38(35)40(46-42)25-12-6-5-7-13-25/h3-27H,1-2H3;2*5-24H,1-4H3. The van der Waals surface area contributed by atoms with Crippen molar-refractivity contribution in [2.45, 2.75) is 96.3 Å². The van der Waals surface area contributed by atoms with Crippen molar-refractivity contribution >= 4 is 130 Å². The molecule has 0 saturated heterocycles. The van der Waals surface area contributed by atoms with Crippen LogP contribution in [-0.4, -0.2) is 34.5 Å². The van der Waals surface area contributed by atoms with Gasteiger partial charge in [0, 0.05) is 140 Å². The van der Waals surface area contributed by atoms with E-state index in [1.54, 1.807) is 0 Å². The third-order valence-electron chi connectivity index (χ3n) is 32.7. The maximum atomic E-state index is 7.05. The number of furan rings is 2. The summed E-state index contributed by atoms with van der Waals surface area (Å²) in [4.78, 5) is 32.3. The van der Waals surface area contributed by atoms with E-state index in [-0.39, 0.29) is 27.1 Å². The predicted octanol–water partition coefficient (Wildman–Crippen LogP) is 35.7. The highest BCUT2D eigenvalue weighted by atomic mass is 32.1. The van der Waals surface area contributed by atoms with Crippen LogP contribution in [0.15, 0.2) is 403 Å². The number of fused-ring (bicyclic) bond motifs is 36. The van der Waals surface area contributed by atoms with Gasteiger partial charge in [-0.3, -0.25) is 0 Å². The van der Waals surface area contributed by atoms with Gasteiger partial charge in [0.25, 0.3) is 0 Å². The summed E-state index contributed by atoms with van der Waals surface area (Å²) < 4.78 is 18.7. The smallest absolute Gasteiger partial charge is 0.164 e. The Morgan fingerprint density at radius 3 is 1.16 bits per heavy atom. The second kappa shape index (κ2) is 30.9. The summed E-state index contributed by atoms with van der Waals surface area (Å²) >= 11 is 1.91. The minimum Gasteiger partial charge on any atom is -0.455 e. The first-order valence-electron chi connectivity index (χ1n) is 50.4. The average Bonchev–Trinajstić information content (AvgIpc) is 1.56. The zero-order chi connectivity index (χ0) is 97.2. The maximum absolute atomic E-state index is 7.05. The number of hydrogen-bond acceptors (Lipinski definition) is 9.